The number of ether oxygens (including phenoxy) is 1. The molecular formula is C28H28Cl2N4O5. The third-order valence-electron chi connectivity index (χ3n) is 5.36. The SMILES string of the molecule is CCOC(=O)C(Cc1cc(Cl)cc(Cl)c1)NC(=O)CNC(=O)c1cccc(NC(=O)NCc2ccccc2)c1. The van der Waals surface area contributed by atoms with Gasteiger partial charge in [-0.05, 0) is 54.4 Å². The number of carbonyl (C=O) groups is 4. The minimum atomic E-state index is -1.01. The molecule has 0 fully saturated rings. The molecule has 0 saturated carbocycles. The Balaban J connectivity index is 1.54. The second-order valence-electron chi connectivity index (χ2n) is 8.41. The third-order valence-corrected chi connectivity index (χ3v) is 5.79. The van der Waals surface area contributed by atoms with E-state index in [1.165, 1.54) is 6.07 Å². The van der Waals surface area contributed by atoms with Gasteiger partial charge in [0.25, 0.3) is 5.91 Å². The van der Waals surface area contributed by atoms with Gasteiger partial charge in [0.1, 0.15) is 6.04 Å². The van der Waals surface area contributed by atoms with Gasteiger partial charge in [-0.15, -0.1) is 0 Å². The monoisotopic (exact) mass is 570 g/mol. The predicted molar refractivity (Wildman–Crippen MR) is 150 cm³/mol. The molecule has 0 aliphatic heterocycles. The summed E-state index contributed by atoms with van der Waals surface area (Å²) in [4.78, 5) is 49.9. The van der Waals surface area contributed by atoms with E-state index in [-0.39, 0.29) is 25.1 Å². The van der Waals surface area contributed by atoms with Crippen molar-refractivity contribution in [1.82, 2.24) is 16.0 Å². The highest BCUT2D eigenvalue weighted by atomic mass is 35.5. The Hall–Kier alpha value is -4.08. The number of nitrogens with one attached hydrogen (secondary N) is 4. The summed E-state index contributed by atoms with van der Waals surface area (Å²) >= 11 is 12.1. The Morgan fingerprint density at radius 3 is 2.26 bits per heavy atom. The number of anilines is 1. The first-order valence-electron chi connectivity index (χ1n) is 12.1. The number of urea groups is 1. The van der Waals surface area contributed by atoms with E-state index < -0.39 is 29.9 Å². The highest BCUT2D eigenvalue weighted by Crippen LogP contribution is 2.20. The van der Waals surface area contributed by atoms with Crippen LogP contribution in [0.4, 0.5) is 10.5 Å². The van der Waals surface area contributed by atoms with E-state index in [9.17, 15) is 19.2 Å². The van der Waals surface area contributed by atoms with Crippen LogP contribution < -0.4 is 21.3 Å². The van der Waals surface area contributed by atoms with E-state index in [0.717, 1.165) is 5.56 Å². The number of hydrogen-bond donors (Lipinski definition) is 4. The maximum atomic E-state index is 12.6. The van der Waals surface area contributed by atoms with Crippen molar-refractivity contribution in [2.45, 2.75) is 25.9 Å². The molecule has 1 unspecified atom stereocenters. The highest BCUT2D eigenvalue weighted by Gasteiger charge is 2.23. The summed E-state index contributed by atoms with van der Waals surface area (Å²) in [6, 6.07) is 19.1. The Labute approximate surface area is 236 Å². The molecule has 0 bridgehead atoms. The van der Waals surface area contributed by atoms with Crippen LogP contribution in [0.15, 0.2) is 72.8 Å². The molecule has 9 nitrogen and oxygen atoms in total. The van der Waals surface area contributed by atoms with Crippen molar-refractivity contribution in [3.63, 3.8) is 0 Å². The fourth-order valence-corrected chi connectivity index (χ4v) is 4.17. The second kappa shape index (κ2) is 14.8. The van der Waals surface area contributed by atoms with E-state index in [4.69, 9.17) is 27.9 Å². The number of carbonyl (C=O) groups excluding carboxylic acids is 4. The fourth-order valence-electron chi connectivity index (χ4n) is 3.60. The van der Waals surface area contributed by atoms with Gasteiger partial charge in [-0.3, -0.25) is 9.59 Å². The largest absolute Gasteiger partial charge is 0.464 e. The Morgan fingerprint density at radius 2 is 1.56 bits per heavy atom. The van der Waals surface area contributed by atoms with Gasteiger partial charge in [-0.1, -0.05) is 59.6 Å². The van der Waals surface area contributed by atoms with Crippen molar-refractivity contribution in [1.29, 1.82) is 0 Å². The topological polar surface area (TPSA) is 126 Å². The van der Waals surface area contributed by atoms with Crippen molar-refractivity contribution in [3.8, 4) is 0 Å². The fraction of sp³-hybridized carbons (Fsp3) is 0.214. The molecular weight excluding hydrogens is 543 g/mol. The van der Waals surface area contributed by atoms with Gasteiger partial charge in [0.05, 0.1) is 13.2 Å². The van der Waals surface area contributed by atoms with Crippen molar-refractivity contribution < 1.29 is 23.9 Å². The normalized spacial score (nSPS) is 11.2. The van der Waals surface area contributed by atoms with E-state index >= 15 is 0 Å². The number of benzene rings is 3. The smallest absolute Gasteiger partial charge is 0.328 e. The molecule has 0 saturated heterocycles. The standard InChI is InChI=1S/C28H28Cl2N4O5/c1-2-39-27(37)24(13-19-11-21(29)15-22(30)12-19)34-25(35)17-31-26(36)20-9-6-10-23(14-20)33-28(38)32-16-18-7-4-3-5-8-18/h3-12,14-15,24H,2,13,16-17H2,1H3,(H,31,36)(H,34,35)(H2,32,33,38). The van der Waals surface area contributed by atoms with Crippen LogP contribution in [0.25, 0.3) is 0 Å². The summed E-state index contributed by atoms with van der Waals surface area (Å²) in [6.45, 7) is 1.75. The molecule has 0 aromatic heterocycles. The number of rotatable bonds is 11. The van der Waals surface area contributed by atoms with Crippen molar-refractivity contribution in [2.24, 2.45) is 0 Å². The van der Waals surface area contributed by atoms with Crippen LogP contribution in [-0.2, 0) is 27.3 Å². The molecule has 3 aromatic rings. The van der Waals surface area contributed by atoms with Gasteiger partial charge < -0.3 is 26.0 Å². The van der Waals surface area contributed by atoms with Gasteiger partial charge in [0.2, 0.25) is 5.91 Å². The summed E-state index contributed by atoms with van der Waals surface area (Å²) in [7, 11) is 0. The van der Waals surface area contributed by atoms with E-state index in [1.54, 1.807) is 43.3 Å². The minimum Gasteiger partial charge on any atom is -0.464 e. The number of halogens is 2. The average molecular weight is 571 g/mol. The molecule has 0 heterocycles. The first-order chi connectivity index (χ1) is 18.7. The lowest BCUT2D eigenvalue weighted by atomic mass is 10.1. The summed E-state index contributed by atoms with van der Waals surface area (Å²) in [5, 5.41) is 11.3. The molecule has 11 heteroatoms. The van der Waals surface area contributed by atoms with Crippen LogP contribution in [0, 0.1) is 0 Å². The van der Waals surface area contributed by atoms with Gasteiger partial charge in [-0.2, -0.15) is 0 Å². The average Bonchev–Trinajstić information content (AvgIpc) is 2.90. The van der Waals surface area contributed by atoms with E-state index in [2.05, 4.69) is 21.3 Å². The van der Waals surface area contributed by atoms with Crippen molar-refractivity contribution in [3.05, 3.63) is 99.5 Å². The Bertz CT molecular complexity index is 1300. The first kappa shape index (κ1) is 29.5. The van der Waals surface area contributed by atoms with Crippen LogP contribution in [0.1, 0.15) is 28.4 Å². The molecule has 204 valence electrons. The summed E-state index contributed by atoms with van der Waals surface area (Å²) in [5.74, 6) is -1.76. The zero-order valence-corrected chi connectivity index (χ0v) is 22.6. The quantitative estimate of drug-likeness (QED) is 0.255. The Kier molecular flexibility index (Phi) is 11.1. The highest BCUT2D eigenvalue weighted by molar-refractivity contribution is 6.34. The van der Waals surface area contributed by atoms with Crippen LogP contribution in [-0.4, -0.2) is 43.0 Å². The second-order valence-corrected chi connectivity index (χ2v) is 9.28. The van der Waals surface area contributed by atoms with Gasteiger partial charge >= 0.3 is 12.0 Å². The summed E-state index contributed by atoms with van der Waals surface area (Å²) in [6.07, 6.45) is 0.0961. The molecule has 0 aliphatic carbocycles. The lowest BCUT2D eigenvalue weighted by Crippen LogP contribution is -2.47. The summed E-state index contributed by atoms with van der Waals surface area (Å²) in [5.41, 5.74) is 2.21. The molecule has 4 N–H and O–H groups in total. The first-order valence-corrected chi connectivity index (χ1v) is 12.9. The Morgan fingerprint density at radius 1 is 0.846 bits per heavy atom. The van der Waals surface area contributed by atoms with Crippen LogP contribution >= 0.6 is 23.2 Å². The number of esters is 1. The molecule has 3 rings (SSSR count). The van der Waals surface area contributed by atoms with Crippen LogP contribution in [0.5, 0.6) is 0 Å². The summed E-state index contributed by atoms with van der Waals surface area (Å²) < 4.78 is 5.07. The van der Waals surface area contributed by atoms with Crippen LogP contribution in [0.3, 0.4) is 0 Å². The minimum absolute atomic E-state index is 0.0961. The number of hydrogen-bond acceptors (Lipinski definition) is 5. The predicted octanol–water partition coefficient (Wildman–Crippen LogP) is 4.34. The lowest BCUT2D eigenvalue weighted by Gasteiger charge is -2.18. The molecule has 0 aliphatic rings. The van der Waals surface area contributed by atoms with Crippen molar-refractivity contribution in [2.75, 3.05) is 18.5 Å². The lowest BCUT2D eigenvalue weighted by molar-refractivity contribution is -0.147. The van der Waals surface area contributed by atoms with Gasteiger partial charge in [-0.25, -0.2) is 9.59 Å². The van der Waals surface area contributed by atoms with Crippen molar-refractivity contribution >= 4 is 52.7 Å². The molecule has 0 radical (unpaired) electrons. The third kappa shape index (κ3) is 9.96. The maximum absolute atomic E-state index is 12.6. The molecule has 4 amide bonds. The van der Waals surface area contributed by atoms with Crippen LogP contribution in [0.2, 0.25) is 10.0 Å². The molecule has 1 atom stereocenters. The molecule has 39 heavy (non-hydrogen) atoms. The van der Waals surface area contributed by atoms with E-state index in [0.29, 0.717) is 27.8 Å². The van der Waals surface area contributed by atoms with Gasteiger partial charge in [0, 0.05) is 34.3 Å². The maximum Gasteiger partial charge on any atom is 0.328 e. The van der Waals surface area contributed by atoms with E-state index in [1.807, 2.05) is 30.3 Å². The molecule has 3 aromatic carbocycles. The zero-order chi connectivity index (χ0) is 28.2. The molecule has 0 spiro atoms. The van der Waals surface area contributed by atoms with Gasteiger partial charge in [0.15, 0.2) is 0 Å². The number of amides is 4. The zero-order valence-electron chi connectivity index (χ0n) is 21.1.